The summed E-state index contributed by atoms with van der Waals surface area (Å²) in [6, 6.07) is 4.61. The van der Waals surface area contributed by atoms with Crippen LogP contribution in [0, 0.1) is 23.0 Å². The average Bonchev–Trinajstić information content (AvgIpc) is 2.47. The Hall–Kier alpha value is -1.95. The highest BCUT2D eigenvalue weighted by molar-refractivity contribution is 5.95. The molecule has 2 rings (SSSR count). The molecule has 1 aliphatic rings. The third kappa shape index (κ3) is 3.58. The van der Waals surface area contributed by atoms with Gasteiger partial charge >= 0.3 is 0 Å². The zero-order valence-corrected chi connectivity index (χ0v) is 12.1. The normalized spacial score (nSPS) is 18.6. The molecule has 1 fully saturated rings. The Bertz CT molecular complexity index is 542. The number of likely N-dealkylation sites (tertiary alicyclic amines) is 1. The molecule has 1 aliphatic heterocycles. The van der Waals surface area contributed by atoms with Gasteiger partial charge in [0.25, 0.3) is 11.6 Å². The number of aryl methyl sites for hydroxylation is 1. The van der Waals surface area contributed by atoms with Gasteiger partial charge in [0, 0.05) is 36.9 Å². The molecule has 6 heteroatoms. The number of benzene rings is 1. The van der Waals surface area contributed by atoms with Gasteiger partial charge in [-0.3, -0.25) is 14.9 Å². The van der Waals surface area contributed by atoms with Crippen LogP contribution in [0.4, 0.5) is 5.69 Å². The molecule has 0 bridgehead atoms. The van der Waals surface area contributed by atoms with Gasteiger partial charge in [-0.2, -0.15) is 0 Å². The minimum absolute atomic E-state index is 0.0234. The van der Waals surface area contributed by atoms with Crippen molar-refractivity contribution in [1.82, 2.24) is 4.90 Å². The maximum atomic E-state index is 12.5. The Labute approximate surface area is 123 Å². The molecule has 1 unspecified atom stereocenters. The van der Waals surface area contributed by atoms with E-state index in [4.69, 9.17) is 5.11 Å². The maximum absolute atomic E-state index is 12.5. The molecule has 1 aromatic rings. The lowest BCUT2D eigenvalue weighted by molar-refractivity contribution is -0.385. The topological polar surface area (TPSA) is 83.7 Å². The predicted molar refractivity (Wildman–Crippen MR) is 78.2 cm³/mol. The molecule has 0 radical (unpaired) electrons. The van der Waals surface area contributed by atoms with E-state index in [9.17, 15) is 14.9 Å². The van der Waals surface area contributed by atoms with E-state index in [0.29, 0.717) is 36.6 Å². The smallest absolute Gasteiger partial charge is 0.273 e. The van der Waals surface area contributed by atoms with Crippen molar-refractivity contribution in [3.05, 3.63) is 39.4 Å². The van der Waals surface area contributed by atoms with Gasteiger partial charge in [0.15, 0.2) is 0 Å². The third-order valence-corrected chi connectivity index (χ3v) is 4.00. The van der Waals surface area contributed by atoms with E-state index in [1.165, 1.54) is 6.07 Å². The number of rotatable bonds is 4. The minimum atomic E-state index is -0.461. The van der Waals surface area contributed by atoms with Crippen molar-refractivity contribution >= 4 is 11.6 Å². The van der Waals surface area contributed by atoms with Crippen molar-refractivity contribution in [2.24, 2.45) is 5.92 Å². The molecule has 1 saturated heterocycles. The summed E-state index contributed by atoms with van der Waals surface area (Å²) < 4.78 is 0. The number of nitrogens with zero attached hydrogens (tertiary/aromatic N) is 2. The molecule has 0 aliphatic carbocycles. The highest BCUT2D eigenvalue weighted by Gasteiger charge is 2.25. The molecular formula is C15H20N2O4. The SMILES string of the molecule is Cc1ccc(C(=O)N2CCCC(CCO)C2)cc1[N+](=O)[O-]. The summed E-state index contributed by atoms with van der Waals surface area (Å²) in [5.74, 6) is 0.147. The predicted octanol–water partition coefficient (Wildman–Crippen LogP) is 2.14. The molecule has 1 atom stereocenters. The van der Waals surface area contributed by atoms with Crippen LogP contribution in [0.3, 0.4) is 0 Å². The lowest BCUT2D eigenvalue weighted by Crippen LogP contribution is -2.40. The van der Waals surface area contributed by atoms with Gasteiger partial charge in [0.2, 0.25) is 0 Å². The van der Waals surface area contributed by atoms with E-state index in [2.05, 4.69) is 0 Å². The van der Waals surface area contributed by atoms with E-state index < -0.39 is 4.92 Å². The monoisotopic (exact) mass is 292 g/mol. The number of amides is 1. The third-order valence-electron chi connectivity index (χ3n) is 4.00. The van der Waals surface area contributed by atoms with E-state index in [1.807, 2.05) is 0 Å². The van der Waals surface area contributed by atoms with Gasteiger partial charge in [-0.25, -0.2) is 0 Å². The summed E-state index contributed by atoms with van der Waals surface area (Å²) >= 11 is 0. The van der Waals surface area contributed by atoms with Crippen LogP contribution in [0.1, 0.15) is 35.2 Å². The zero-order valence-electron chi connectivity index (χ0n) is 12.1. The van der Waals surface area contributed by atoms with E-state index in [1.54, 1.807) is 24.0 Å². The fourth-order valence-electron chi connectivity index (χ4n) is 2.79. The van der Waals surface area contributed by atoms with Crippen LogP contribution >= 0.6 is 0 Å². The highest BCUT2D eigenvalue weighted by atomic mass is 16.6. The summed E-state index contributed by atoms with van der Waals surface area (Å²) in [5.41, 5.74) is 0.884. The van der Waals surface area contributed by atoms with Gasteiger partial charge in [-0.1, -0.05) is 6.07 Å². The fourth-order valence-corrected chi connectivity index (χ4v) is 2.79. The number of nitro benzene ring substituents is 1. The molecule has 0 aromatic heterocycles. The lowest BCUT2D eigenvalue weighted by Gasteiger charge is -2.32. The van der Waals surface area contributed by atoms with E-state index in [-0.39, 0.29) is 18.2 Å². The van der Waals surface area contributed by atoms with Gasteiger partial charge in [0.05, 0.1) is 4.92 Å². The average molecular weight is 292 g/mol. The second kappa shape index (κ2) is 6.67. The van der Waals surface area contributed by atoms with Crippen molar-refractivity contribution < 1.29 is 14.8 Å². The maximum Gasteiger partial charge on any atom is 0.273 e. The Morgan fingerprint density at radius 3 is 2.95 bits per heavy atom. The van der Waals surface area contributed by atoms with Crippen molar-refractivity contribution in [2.75, 3.05) is 19.7 Å². The van der Waals surface area contributed by atoms with Crippen LogP contribution in [-0.4, -0.2) is 40.5 Å². The van der Waals surface area contributed by atoms with E-state index >= 15 is 0 Å². The Balaban J connectivity index is 2.16. The number of aliphatic hydroxyl groups excluding tert-OH is 1. The molecule has 1 aromatic carbocycles. The number of aliphatic hydroxyl groups is 1. The number of carbonyl (C=O) groups is 1. The summed E-state index contributed by atoms with van der Waals surface area (Å²) in [6.07, 6.45) is 2.61. The summed E-state index contributed by atoms with van der Waals surface area (Å²) in [6.45, 7) is 3.07. The number of carbonyl (C=O) groups excluding carboxylic acids is 1. The number of piperidine rings is 1. The molecule has 114 valence electrons. The summed E-state index contributed by atoms with van der Waals surface area (Å²) in [5, 5.41) is 20.0. The lowest BCUT2D eigenvalue weighted by atomic mass is 9.94. The number of nitro groups is 1. The number of hydrogen-bond donors (Lipinski definition) is 1. The molecule has 6 nitrogen and oxygen atoms in total. The molecule has 1 N–H and O–H groups in total. The summed E-state index contributed by atoms with van der Waals surface area (Å²) in [4.78, 5) is 24.7. The van der Waals surface area contributed by atoms with Crippen molar-refractivity contribution in [1.29, 1.82) is 0 Å². The minimum Gasteiger partial charge on any atom is -0.396 e. The zero-order chi connectivity index (χ0) is 15.4. The molecule has 0 spiro atoms. The molecule has 1 amide bonds. The second-order valence-corrected chi connectivity index (χ2v) is 5.53. The van der Waals surface area contributed by atoms with Crippen LogP contribution in [-0.2, 0) is 0 Å². The Kier molecular flexibility index (Phi) is 4.90. The first-order chi connectivity index (χ1) is 10.0. The fraction of sp³-hybridized carbons (Fsp3) is 0.533. The van der Waals surface area contributed by atoms with Crippen LogP contribution in [0.25, 0.3) is 0 Å². The molecule has 0 saturated carbocycles. The quantitative estimate of drug-likeness (QED) is 0.680. The van der Waals surface area contributed by atoms with E-state index in [0.717, 1.165) is 12.8 Å². The molecule has 21 heavy (non-hydrogen) atoms. The van der Waals surface area contributed by atoms with Crippen molar-refractivity contribution in [3.8, 4) is 0 Å². The van der Waals surface area contributed by atoms with Crippen LogP contribution in [0.5, 0.6) is 0 Å². The van der Waals surface area contributed by atoms with Gasteiger partial charge in [0.1, 0.15) is 0 Å². The van der Waals surface area contributed by atoms with Crippen molar-refractivity contribution in [2.45, 2.75) is 26.2 Å². The van der Waals surface area contributed by atoms with Crippen molar-refractivity contribution in [3.63, 3.8) is 0 Å². The van der Waals surface area contributed by atoms with Crippen LogP contribution in [0.15, 0.2) is 18.2 Å². The first-order valence-corrected chi connectivity index (χ1v) is 7.18. The largest absolute Gasteiger partial charge is 0.396 e. The molecular weight excluding hydrogens is 272 g/mol. The Morgan fingerprint density at radius 1 is 1.52 bits per heavy atom. The van der Waals surface area contributed by atoms with Crippen LogP contribution < -0.4 is 0 Å². The highest BCUT2D eigenvalue weighted by Crippen LogP contribution is 2.24. The standard InChI is InChI=1S/C15H20N2O4/c1-11-4-5-13(9-14(11)17(20)21)15(19)16-7-2-3-12(10-16)6-8-18/h4-5,9,12,18H,2-3,6-8,10H2,1H3. The van der Waals surface area contributed by atoms with Gasteiger partial charge in [-0.05, 0) is 38.2 Å². The van der Waals surface area contributed by atoms with Gasteiger partial charge < -0.3 is 10.0 Å². The van der Waals surface area contributed by atoms with Gasteiger partial charge in [-0.15, -0.1) is 0 Å². The Morgan fingerprint density at radius 2 is 2.29 bits per heavy atom. The molecule has 1 heterocycles. The summed E-state index contributed by atoms with van der Waals surface area (Å²) in [7, 11) is 0. The first kappa shape index (κ1) is 15.4. The number of hydrogen-bond acceptors (Lipinski definition) is 4. The second-order valence-electron chi connectivity index (χ2n) is 5.53. The first-order valence-electron chi connectivity index (χ1n) is 7.18. The van der Waals surface area contributed by atoms with Crippen LogP contribution in [0.2, 0.25) is 0 Å².